The molecule has 0 aromatic carbocycles. The van der Waals surface area contributed by atoms with E-state index in [4.69, 9.17) is 4.74 Å². The van der Waals surface area contributed by atoms with E-state index in [0.29, 0.717) is 17.4 Å². The minimum Gasteiger partial charge on any atom is -0.368 e. The summed E-state index contributed by atoms with van der Waals surface area (Å²) >= 11 is 0. The number of likely N-dealkylation sites (tertiary alicyclic amines) is 1. The molecule has 2 aliphatic rings. The lowest BCUT2D eigenvalue weighted by Gasteiger charge is -2.40. The molecule has 2 rings (SSSR count). The van der Waals surface area contributed by atoms with Gasteiger partial charge >= 0.3 is 0 Å². The molecular formula is C17H34N2O. The van der Waals surface area contributed by atoms with Crippen molar-refractivity contribution in [2.45, 2.75) is 71.6 Å². The highest BCUT2D eigenvalue weighted by atomic mass is 16.5. The van der Waals surface area contributed by atoms with Crippen LogP contribution in [-0.4, -0.2) is 48.8 Å². The van der Waals surface area contributed by atoms with Gasteiger partial charge in [-0.3, -0.25) is 0 Å². The molecule has 2 atom stereocenters. The molecule has 0 spiro atoms. The van der Waals surface area contributed by atoms with Crippen LogP contribution in [0.5, 0.6) is 0 Å². The third-order valence-electron chi connectivity index (χ3n) is 5.55. The number of likely N-dealkylation sites (N-methyl/N-ethyl adjacent to an activating group) is 1. The zero-order valence-electron chi connectivity index (χ0n) is 14.5. The molecule has 2 heterocycles. The Morgan fingerprint density at radius 1 is 1.00 bits per heavy atom. The molecule has 2 saturated heterocycles. The Hall–Kier alpha value is -0.120. The van der Waals surface area contributed by atoms with Crippen molar-refractivity contribution >= 4 is 0 Å². The van der Waals surface area contributed by atoms with Gasteiger partial charge in [0.05, 0.1) is 11.2 Å². The smallest absolute Gasteiger partial charge is 0.0790 e. The first-order valence-electron chi connectivity index (χ1n) is 8.17. The molecule has 3 nitrogen and oxygen atoms in total. The molecule has 3 heteroatoms. The molecular weight excluding hydrogens is 248 g/mol. The average molecular weight is 282 g/mol. The first-order chi connectivity index (χ1) is 9.07. The minimum atomic E-state index is -0.0853. The van der Waals surface area contributed by atoms with Crippen LogP contribution >= 0.6 is 0 Å². The summed E-state index contributed by atoms with van der Waals surface area (Å²) in [5, 5.41) is 3.51. The number of hydrogen-bond acceptors (Lipinski definition) is 3. The summed E-state index contributed by atoms with van der Waals surface area (Å²) in [4.78, 5) is 2.65. The monoisotopic (exact) mass is 282 g/mol. The topological polar surface area (TPSA) is 24.5 Å². The molecule has 0 saturated carbocycles. The first-order valence-corrected chi connectivity index (χ1v) is 8.17. The van der Waals surface area contributed by atoms with Gasteiger partial charge in [-0.1, -0.05) is 13.8 Å². The lowest BCUT2D eigenvalue weighted by Crippen LogP contribution is -2.51. The fraction of sp³-hybridized carbons (Fsp3) is 1.00. The van der Waals surface area contributed by atoms with Crippen LogP contribution < -0.4 is 5.32 Å². The summed E-state index contributed by atoms with van der Waals surface area (Å²) in [6.07, 6.45) is 2.63. The normalized spacial score (nSPS) is 36.1. The standard InChI is InChI=1S/C17H34N2O/c1-15(2)8-10-19(11-9-15)12-13-14(18-7)17(5,6)20-16(13,3)4/h13-14,18H,8-12H2,1-7H3. The average Bonchev–Trinajstić information content (AvgIpc) is 2.46. The molecule has 1 N–H and O–H groups in total. The summed E-state index contributed by atoms with van der Waals surface area (Å²) in [5.41, 5.74) is 0.391. The predicted molar refractivity (Wildman–Crippen MR) is 85.0 cm³/mol. The van der Waals surface area contributed by atoms with Crippen molar-refractivity contribution in [1.29, 1.82) is 0 Å². The van der Waals surface area contributed by atoms with Gasteiger partial charge in [-0.2, -0.15) is 0 Å². The maximum absolute atomic E-state index is 6.35. The maximum Gasteiger partial charge on any atom is 0.0790 e. The minimum absolute atomic E-state index is 0.0514. The van der Waals surface area contributed by atoms with Crippen LogP contribution in [0.15, 0.2) is 0 Å². The van der Waals surface area contributed by atoms with E-state index in [2.05, 4.69) is 58.8 Å². The Labute approximate surface area is 125 Å². The molecule has 0 amide bonds. The molecule has 0 aromatic heterocycles. The summed E-state index contributed by atoms with van der Waals surface area (Å²) in [6.45, 7) is 17.4. The van der Waals surface area contributed by atoms with E-state index in [1.165, 1.54) is 25.9 Å². The third kappa shape index (κ3) is 3.20. The van der Waals surface area contributed by atoms with Gasteiger partial charge in [0, 0.05) is 18.5 Å². The van der Waals surface area contributed by atoms with Crippen molar-refractivity contribution in [3.8, 4) is 0 Å². The van der Waals surface area contributed by atoms with Gasteiger partial charge in [0.2, 0.25) is 0 Å². The van der Waals surface area contributed by atoms with E-state index in [-0.39, 0.29) is 11.2 Å². The SMILES string of the molecule is CNC1C(CN2CCC(C)(C)CC2)C(C)(C)OC1(C)C. The van der Waals surface area contributed by atoms with Crippen LogP contribution in [0.1, 0.15) is 54.4 Å². The zero-order valence-corrected chi connectivity index (χ0v) is 14.5. The van der Waals surface area contributed by atoms with Crippen molar-refractivity contribution in [3.05, 3.63) is 0 Å². The summed E-state index contributed by atoms with van der Waals surface area (Å²) in [6, 6.07) is 0.424. The summed E-state index contributed by atoms with van der Waals surface area (Å²) in [5.74, 6) is 0.545. The largest absolute Gasteiger partial charge is 0.368 e. The van der Waals surface area contributed by atoms with Crippen LogP contribution in [0.3, 0.4) is 0 Å². The number of ether oxygens (including phenoxy) is 1. The molecule has 20 heavy (non-hydrogen) atoms. The fourth-order valence-corrected chi connectivity index (χ4v) is 4.20. The van der Waals surface area contributed by atoms with E-state index in [0.717, 1.165) is 6.54 Å². The maximum atomic E-state index is 6.35. The van der Waals surface area contributed by atoms with Crippen LogP contribution in [0.25, 0.3) is 0 Å². The molecule has 0 radical (unpaired) electrons. The Morgan fingerprint density at radius 2 is 1.55 bits per heavy atom. The quantitative estimate of drug-likeness (QED) is 0.861. The van der Waals surface area contributed by atoms with E-state index in [1.54, 1.807) is 0 Å². The fourth-order valence-electron chi connectivity index (χ4n) is 4.20. The second-order valence-electron chi connectivity index (χ2n) is 8.65. The van der Waals surface area contributed by atoms with Gasteiger partial charge in [-0.25, -0.2) is 0 Å². The van der Waals surface area contributed by atoms with Gasteiger partial charge in [0.1, 0.15) is 0 Å². The van der Waals surface area contributed by atoms with Gasteiger partial charge in [0.15, 0.2) is 0 Å². The van der Waals surface area contributed by atoms with Gasteiger partial charge in [-0.05, 0) is 66.1 Å². The Bertz CT molecular complexity index is 339. The van der Waals surface area contributed by atoms with Crippen LogP contribution in [0.2, 0.25) is 0 Å². The second-order valence-corrected chi connectivity index (χ2v) is 8.65. The summed E-state index contributed by atoms with van der Waals surface area (Å²) < 4.78 is 6.35. The van der Waals surface area contributed by atoms with E-state index in [9.17, 15) is 0 Å². The number of piperidine rings is 1. The molecule has 2 aliphatic heterocycles. The van der Waals surface area contributed by atoms with Crippen molar-refractivity contribution in [3.63, 3.8) is 0 Å². The number of rotatable bonds is 3. The van der Waals surface area contributed by atoms with Crippen LogP contribution in [0, 0.1) is 11.3 Å². The van der Waals surface area contributed by atoms with Crippen molar-refractivity contribution in [2.24, 2.45) is 11.3 Å². The Balaban J connectivity index is 2.04. The Morgan fingerprint density at radius 3 is 2.05 bits per heavy atom. The molecule has 0 aliphatic carbocycles. The van der Waals surface area contributed by atoms with Crippen LogP contribution in [-0.2, 0) is 4.74 Å². The van der Waals surface area contributed by atoms with E-state index in [1.807, 2.05) is 0 Å². The van der Waals surface area contributed by atoms with Crippen molar-refractivity contribution in [1.82, 2.24) is 10.2 Å². The van der Waals surface area contributed by atoms with Crippen LogP contribution in [0.4, 0.5) is 0 Å². The lowest BCUT2D eigenvalue weighted by molar-refractivity contribution is -0.0800. The second kappa shape index (κ2) is 5.26. The number of nitrogens with one attached hydrogen (secondary N) is 1. The Kier molecular flexibility index (Phi) is 4.27. The van der Waals surface area contributed by atoms with Gasteiger partial charge in [-0.15, -0.1) is 0 Å². The predicted octanol–water partition coefficient (Wildman–Crippen LogP) is 2.90. The highest BCUT2D eigenvalue weighted by Crippen LogP contribution is 2.43. The number of nitrogens with zero attached hydrogens (tertiary/aromatic N) is 1. The summed E-state index contributed by atoms with van der Waals surface area (Å²) in [7, 11) is 2.07. The third-order valence-corrected chi connectivity index (χ3v) is 5.55. The zero-order chi connectivity index (χ0) is 15.2. The molecule has 0 bridgehead atoms. The van der Waals surface area contributed by atoms with E-state index < -0.39 is 0 Å². The van der Waals surface area contributed by atoms with Crippen molar-refractivity contribution < 1.29 is 4.74 Å². The number of hydrogen-bond donors (Lipinski definition) is 1. The molecule has 0 aromatic rings. The highest BCUT2D eigenvalue weighted by molar-refractivity contribution is 5.06. The van der Waals surface area contributed by atoms with Gasteiger partial charge < -0.3 is 15.0 Å². The van der Waals surface area contributed by atoms with Gasteiger partial charge in [0.25, 0.3) is 0 Å². The van der Waals surface area contributed by atoms with E-state index >= 15 is 0 Å². The molecule has 2 fully saturated rings. The first kappa shape index (κ1) is 16.3. The molecule has 118 valence electrons. The lowest BCUT2D eigenvalue weighted by atomic mass is 9.79. The van der Waals surface area contributed by atoms with Crippen molar-refractivity contribution in [2.75, 3.05) is 26.7 Å². The highest BCUT2D eigenvalue weighted by Gasteiger charge is 2.53. The molecule has 2 unspecified atom stereocenters.